The van der Waals surface area contributed by atoms with Crippen molar-refractivity contribution in [3.8, 4) is 0 Å². The summed E-state index contributed by atoms with van der Waals surface area (Å²) in [6, 6.07) is 7.93. The molecule has 21 heavy (non-hydrogen) atoms. The number of thiazole rings is 1. The predicted molar refractivity (Wildman–Crippen MR) is 91.0 cm³/mol. The molecule has 2 rings (SSSR count). The lowest BCUT2D eigenvalue weighted by Gasteiger charge is -2.14. The fraction of sp³-hybridized carbons (Fsp3) is 0.375. The Morgan fingerprint density at radius 1 is 1.33 bits per heavy atom. The molecule has 0 fully saturated rings. The third-order valence-corrected chi connectivity index (χ3v) is 5.16. The van der Waals surface area contributed by atoms with Gasteiger partial charge in [-0.05, 0) is 31.5 Å². The van der Waals surface area contributed by atoms with E-state index in [0.717, 1.165) is 20.7 Å². The summed E-state index contributed by atoms with van der Waals surface area (Å²) < 4.78 is 1.01. The maximum absolute atomic E-state index is 12.4. The number of halogens is 1. The molecule has 0 aliphatic heterocycles. The Kier molecular flexibility index (Phi) is 5.17. The molecular formula is C16H19BrN2OS. The Bertz CT molecular complexity index is 651. The molecule has 1 heterocycles. The fourth-order valence-corrected chi connectivity index (χ4v) is 3.39. The molecule has 1 amide bonds. The van der Waals surface area contributed by atoms with E-state index in [1.807, 2.05) is 38.1 Å². The van der Waals surface area contributed by atoms with E-state index in [4.69, 9.17) is 0 Å². The van der Waals surface area contributed by atoms with Crippen molar-refractivity contribution in [3.63, 3.8) is 0 Å². The minimum atomic E-state index is -0.0515. The molecule has 3 nitrogen and oxygen atoms in total. The van der Waals surface area contributed by atoms with E-state index in [0.29, 0.717) is 10.8 Å². The van der Waals surface area contributed by atoms with Crippen LogP contribution in [0, 0.1) is 6.92 Å². The van der Waals surface area contributed by atoms with Gasteiger partial charge in [0.2, 0.25) is 0 Å². The van der Waals surface area contributed by atoms with Crippen LogP contribution >= 0.6 is 27.3 Å². The van der Waals surface area contributed by atoms with Crippen LogP contribution in [-0.4, -0.2) is 10.9 Å². The molecule has 0 bridgehead atoms. The summed E-state index contributed by atoms with van der Waals surface area (Å²) in [5.41, 5.74) is 1.88. The average molecular weight is 367 g/mol. The summed E-state index contributed by atoms with van der Waals surface area (Å²) in [7, 11) is 0. The van der Waals surface area contributed by atoms with Crippen LogP contribution in [0.4, 0.5) is 0 Å². The number of nitrogens with zero attached hydrogens (tertiary/aromatic N) is 1. The molecule has 1 unspecified atom stereocenters. The highest BCUT2D eigenvalue weighted by Gasteiger charge is 2.18. The van der Waals surface area contributed by atoms with E-state index >= 15 is 0 Å². The van der Waals surface area contributed by atoms with Crippen LogP contribution in [-0.2, 0) is 0 Å². The predicted octanol–water partition coefficient (Wildman–Crippen LogP) is 4.83. The van der Waals surface area contributed by atoms with Gasteiger partial charge in [0, 0.05) is 10.4 Å². The highest BCUT2D eigenvalue weighted by atomic mass is 79.9. The van der Waals surface area contributed by atoms with Crippen LogP contribution in [0.3, 0.4) is 0 Å². The number of amides is 1. The lowest BCUT2D eigenvalue weighted by atomic mass is 10.1. The molecule has 0 radical (unpaired) electrons. The van der Waals surface area contributed by atoms with Gasteiger partial charge in [0.15, 0.2) is 0 Å². The normalized spacial score (nSPS) is 12.5. The third-order valence-electron chi connectivity index (χ3n) is 3.21. The molecule has 0 saturated carbocycles. The van der Waals surface area contributed by atoms with Crippen LogP contribution in [0.15, 0.2) is 28.7 Å². The zero-order valence-corrected chi connectivity index (χ0v) is 15.0. The summed E-state index contributed by atoms with van der Waals surface area (Å²) in [4.78, 5) is 17.6. The second-order valence-corrected chi connectivity index (χ2v) is 7.32. The number of carbonyl (C=O) groups is 1. The zero-order chi connectivity index (χ0) is 15.6. The first-order valence-corrected chi connectivity index (χ1v) is 8.53. The summed E-state index contributed by atoms with van der Waals surface area (Å²) in [5.74, 6) is 0.294. The van der Waals surface area contributed by atoms with Crippen molar-refractivity contribution in [1.82, 2.24) is 10.3 Å². The van der Waals surface area contributed by atoms with E-state index < -0.39 is 0 Å². The minimum absolute atomic E-state index is 0.0426. The Morgan fingerprint density at radius 3 is 2.62 bits per heavy atom. The van der Waals surface area contributed by atoms with Crippen molar-refractivity contribution in [2.24, 2.45) is 0 Å². The Hall–Kier alpha value is -1.20. The first-order valence-electron chi connectivity index (χ1n) is 6.92. The lowest BCUT2D eigenvalue weighted by Crippen LogP contribution is -2.26. The summed E-state index contributed by atoms with van der Waals surface area (Å²) in [6.45, 7) is 8.05. The van der Waals surface area contributed by atoms with Crippen molar-refractivity contribution in [3.05, 3.63) is 49.9 Å². The zero-order valence-electron chi connectivity index (χ0n) is 12.6. The third kappa shape index (κ3) is 3.92. The fourth-order valence-electron chi connectivity index (χ4n) is 2.00. The molecule has 0 aliphatic rings. The SMILES string of the molecule is Cc1nc(C(C)C)sc1C(=O)NC(C)c1cccc(Br)c1. The Labute approximate surface area is 137 Å². The minimum Gasteiger partial charge on any atom is -0.345 e. The Morgan fingerprint density at radius 2 is 2.05 bits per heavy atom. The van der Waals surface area contributed by atoms with Gasteiger partial charge < -0.3 is 5.32 Å². The van der Waals surface area contributed by atoms with Gasteiger partial charge in [-0.3, -0.25) is 4.79 Å². The monoisotopic (exact) mass is 366 g/mol. The molecule has 2 aromatic rings. The number of benzene rings is 1. The van der Waals surface area contributed by atoms with Gasteiger partial charge in [-0.2, -0.15) is 0 Å². The molecule has 0 saturated heterocycles. The van der Waals surface area contributed by atoms with Crippen LogP contribution < -0.4 is 5.32 Å². The number of rotatable bonds is 4. The second-order valence-electron chi connectivity index (χ2n) is 5.37. The van der Waals surface area contributed by atoms with E-state index in [2.05, 4.69) is 40.1 Å². The first kappa shape index (κ1) is 16.2. The van der Waals surface area contributed by atoms with Gasteiger partial charge in [-0.1, -0.05) is 41.9 Å². The molecule has 1 aromatic carbocycles. The van der Waals surface area contributed by atoms with Crippen LogP contribution in [0.1, 0.15) is 58.7 Å². The molecule has 1 atom stereocenters. The maximum Gasteiger partial charge on any atom is 0.263 e. The smallest absolute Gasteiger partial charge is 0.263 e. The number of aromatic nitrogens is 1. The van der Waals surface area contributed by atoms with E-state index in [9.17, 15) is 4.79 Å². The van der Waals surface area contributed by atoms with Gasteiger partial charge in [0.1, 0.15) is 4.88 Å². The number of hydrogen-bond acceptors (Lipinski definition) is 3. The van der Waals surface area contributed by atoms with Crippen molar-refractivity contribution in [1.29, 1.82) is 0 Å². The maximum atomic E-state index is 12.4. The largest absolute Gasteiger partial charge is 0.345 e. The first-order chi connectivity index (χ1) is 9.88. The van der Waals surface area contributed by atoms with Gasteiger partial charge in [0.25, 0.3) is 5.91 Å². The molecule has 112 valence electrons. The van der Waals surface area contributed by atoms with E-state index in [-0.39, 0.29) is 11.9 Å². The summed E-state index contributed by atoms with van der Waals surface area (Å²) >= 11 is 4.94. The molecular weight excluding hydrogens is 348 g/mol. The van der Waals surface area contributed by atoms with Crippen molar-refractivity contribution < 1.29 is 4.79 Å². The van der Waals surface area contributed by atoms with Gasteiger partial charge in [0.05, 0.1) is 16.7 Å². The van der Waals surface area contributed by atoms with Crippen LogP contribution in [0.2, 0.25) is 0 Å². The number of aryl methyl sites for hydroxylation is 1. The second kappa shape index (κ2) is 6.71. The van der Waals surface area contributed by atoms with Gasteiger partial charge in [-0.25, -0.2) is 4.98 Å². The molecule has 5 heteroatoms. The van der Waals surface area contributed by atoms with Crippen LogP contribution in [0.5, 0.6) is 0 Å². The van der Waals surface area contributed by atoms with Crippen LogP contribution in [0.25, 0.3) is 0 Å². The van der Waals surface area contributed by atoms with Gasteiger partial charge in [-0.15, -0.1) is 11.3 Å². The lowest BCUT2D eigenvalue weighted by molar-refractivity contribution is 0.0943. The highest BCUT2D eigenvalue weighted by Crippen LogP contribution is 2.25. The standard InChI is InChI=1S/C16H19BrN2OS/c1-9(2)16-19-11(4)14(21-16)15(20)18-10(3)12-6-5-7-13(17)8-12/h5-10H,1-4H3,(H,18,20). The number of hydrogen-bond donors (Lipinski definition) is 1. The van der Waals surface area contributed by atoms with Crippen molar-refractivity contribution in [2.45, 2.75) is 39.7 Å². The molecule has 1 aromatic heterocycles. The van der Waals surface area contributed by atoms with Crippen molar-refractivity contribution in [2.75, 3.05) is 0 Å². The quantitative estimate of drug-likeness (QED) is 0.841. The number of nitrogens with one attached hydrogen (secondary N) is 1. The number of carbonyl (C=O) groups excluding carboxylic acids is 1. The summed E-state index contributed by atoms with van der Waals surface area (Å²) in [5, 5.41) is 4.05. The molecule has 1 N–H and O–H groups in total. The Balaban J connectivity index is 2.14. The topological polar surface area (TPSA) is 42.0 Å². The summed E-state index contributed by atoms with van der Waals surface area (Å²) in [6.07, 6.45) is 0. The van der Waals surface area contributed by atoms with Gasteiger partial charge >= 0.3 is 0 Å². The van der Waals surface area contributed by atoms with E-state index in [1.165, 1.54) is 11.3 Å². The van der Waals surface area contributed by atoms with Crippen molar-refractivity contribution >= 4 is 33.2 Å². The highest BCUT2D eigenvalue weighted by molar-refractivity contribution is 9.10. The average Bonchev–Trinajstić information content (AvgIpc) is 2.81. The molecule has 0 spiro atoms. The van der Waals surface area contributed by atoms with E-state index in [1.54, 1.807) is 0 Å². The molecule has 0 aliphatic carbocycles.